The Labute approximate surface area is 84.3 Å². The van der Waals surface area contributed by atoms with Gasteiger partial charge < -0.3 is 0 Å². The summed E-state index contributed by atoms with van der Waals surface area (Å²) in [5.41, 5.74) is 8.58. The predicted molar refractivity (Wildman–Crippen MR) is 58.5 cm³/mol. The molecule has 0 aliphatic heterocycles. The van der Waals surface area contributed by atoms with Crippen molar-refractivity contribution in [3.63, 3.8) is 0 Å². The van der Waals surface area contributed by atoms with E-state index in [0.717, 1.165) is 12.8 Å². The highest BCUT2D eigenvalue weighted by molar-refractivity contribution is 5.35. The van der Waals surface area contributed by atoms with Crippen LogP contribution in [0.1, 0.15) is 12.8 Å². The molecule has 0 atom stereocenters. The van der Waals surface area contributed by atoms with Crippen molar-refractivity contribution in [2.24, 2.45) is 0 Å². The van der Waals surface area contributed by atoms with Crippen molar-refractivity contribution in [2.75, 3.05) is 0 Å². The normalized spacial score (nSPS) is 15.4. The maximum Gasteiger partial charge on any atom is 0.0413 e. The van der Waals surface area contributed by atoms with Gasteiger partial charge in [0.05, 0.1) is 0 Å². The highest BCUT2D eigenvalue weighted by Crippen LogP contribution is 2.07. The largest absolute Gasteiger partial charge is 0.116 e. The van der Waals surface area contributed by atoms with E-state index in [2.05, 4.69) is 23.3 Å². The molecule has 0 heteroatoms. The van der Waals surface area contributed by atoms with Crippen LogP contribution in [-0.4, -0.2) is 0 Å². The summed E-state index contributed by atoms with van der Waals surface area (Å²) in [7, 11) is 0. The molecule has 0 amide bonds. The molecule has 0 radical (unpaired) electrons. The summed E-state index contributed by atoms with van der Waals surface area (Å²) in [6.45, 7) is 0. The topological polar surface area (TPSA) is 0 Å². The minimum Gasteiger partial charge on any atom is -0.116 e. The first-order valence-electron chi connectivity index (χ1n) is 4.65. The van der Waals surface area contributed by atoms with Crippen LogP contribution < -0.4 is 0 Å². The van der Waals surface area contributed by atoms with Crippen LogP contribution in [0.15, 0.2) is 59.1 Å². The third-order valence-electron chi connectivity index (χ3n) is 2.01. The van der Waals surface area contributed by atoms with Crippen LogP contribution in [0.25, 0.3) is 0 Å². The van der Waals surface area contributed by atoms with Gasteiger partial charge in [0.1, 0.15) is 0 Å². The summed E-state index contributed by atoms with van der Waals surface area (Å²) >= 11 is 0. The zero-order valence-corrected chi connectivity index (χ0v) is 7.88. The van der Waals surface area contributed by atoms with Crippen LogP contribution in [0.4, 0.5) is 0 Å². The quantitative estimate of drug-likeness (QED) is 0.450. The highest BCUT2D eigenvalue weighted by atomic mass is 13.9. The second-order valence-corrected chi connectivity index (χ2v) is 3.10. The average molecular weight is 178 g/mol. The van der Waals surface area contributed by atoms with Gasteiger partial charge in [0, 0.05) is 24.0 Å². The molecule has 0 aromatic heterocycles. The molecular weight excluding hydrogens is 168 g/mol. The SMILES string of the molecule is C1=CC=CC=1CC#CCC1=C=CC=C1. The van der Waals surface area contributed by atoms with E-state index < -0.39 is 0 Å². The van der Waals surface area contributed by atoms with Gasteiger partial charge in [-0.2, -0.15) is 0 Å². The lowest BCUT2D eigenvalue weighted by molar-refractivity contribution is 1.32. The van der Waals surface area contributed by atoms with Crippen LogP contribution in [0.5, 0.6) is 0 Å². The maximum atomic E-state index is 3.12. The molecule has 2 aliphatic rings. The van der Waals surface area contributed by atoms with Crippen LogP contribution in [0.2, 0.25) is 0 Å². The minimum absolute atomic E-state index is 0.799. The van der Waals surface area contributed by atoms with E-state index in [0.29, 0.717) is 0 Å². The van der Waals surface area contributed by atoms with E-state index in [1.807, 2.05) is 36.5 Å². The molecule has 0 unspecified atom stereocenters. The first-order valence-corrected chi connectivity index (χ1v) is 4.65. The van der Waals surface area contributed by atoms with Gasteiger partial charge in [-0.15, -0.1) is 11.5 Å². The molecule has 66 valence electrons. The number of allylic oxidation sites excluding steroid dienone is 6. The Morgan fingerprint density at radius 2 is 1.36 bits per heavy atom. The molecule has 0 nitrogen and oxygen atoms in total. The van der Waals surface area contributed by atoms with Crippen molar-refractivity contribution in [1.82, 2.24) is 0 Å². The summed E-state index contributed by atoms with van der Waals surface area (Å²) in [6, 6.07) is 0. The molecule has 0 saturated heterocycles. The van der Waals surface area contributed by atoms with E-state index in [4.69, 9.17) is 0 Å². The lowest BCUT2D eigenvalue weighted by atomic mass is 10.2. The summed E-state index contributed by atoms with van der Waals surface area (Å²) in [5, 5.41) is 0. The Bertz CT molecular complexity index is 428. The Morgan fingerprint density at radius 3 is 1.71 bits per heavy atom. The van der Waals surface area contributed by atoms with E-state index in [1.165, 1.54) is 11.1 Å². The van der Waals surface area contributed by atoms with Crippen LogP contribution in [0, 0.1) is 11.8 Å². The standard InChI is InChI=1S/C14H10/c1-2-8-13(7-1)11-5-6-12-14-9-3-4-10-14/h1-4,7,9H,11-12H2. The first kappa shape index (κ1) is 8.67. The van der Waals surface area contributed by atoms with Gasteiger partial charge in [0.25, 0.3) is 0 Å². The second kappa shape index (κ2) is 4.35. The average Bonchev–Trinajstić information content (AvgIpc) is 2.86. The predicted octanol–water partition coefficient (Wildman–Crippen LogP) is 3.07. The first-order chi connectivity index (χ1) is 6.95. The number of hydrogen-bond acceptors (Lipinski definition) is 0. The summed E-state index contributed by atoms with van der Waals surface area (Å²) in [6.07, 6.45) is 13.5. The second-order valence-electron chi connectivity index (χ2n) is 3.10. The third-order valence-corrected chi connectivity index (χ3v) is 2.01. The third kappa shape index (κ3) is 2.28. The van der Waals surface area contributed by atoms with Crippen LogP contribution in [0.3, 0.4) is 0 Å². The van der Waals surface area contributed by atoms with E-state index >= 15 is 0 Å². The number of hydrogen-bond donors (Lipinski definition) is 0. The van der Waals surface area contributed by atoms with Crippen molar-refractivity contribution in [2.45, 2.75) is 12.8 Å². The minimum atomic E-state index is 0.799. The van der Waals surface area contributed by atoms with Gasteiger partial charge in [-0.1, -0.05) is 24.0 Å². The van der Waals surface area contributed by atoms with Gasteiger partial charge >= 0.3 is 0 Å². The summed E-state index contributed by atoms with van der Waals surface area (Å²) in [5.74, 6) is 6.25. The van der Waals surface area contributed by atoms with Crippen molar-refractivity contribution >= 4 is 0 Å². The lowest BCUT2D eigenvalue weighted by Crippen LogP contribution is -1.73. The van der Waals surface area contributed by atoms with E-state index in [-0.39, 0.29) is 0 Å². The van der Waals surface area contributed by atoms with Crippen molar-refractivity contribution in [1.29, 1.82) is 0 Å². The summed E-state index contributed by atoms with van der Waals surface area (Å²) < 4.78 is 0. The molecule has 0 bridgehead atoms. The van der Waals surface area contributed by atoms with Crippen LogP contribution >= 0.6 is 0 Å². The fourth-order valence-electron chi connectivity index (χ4n) is 1.27. The fourth-order valence-corrected chi connectivity index (χ4v) is 1.27. The zero-order valence-electron chi connectivity index (χ0n) is 7.88. The van der Waals surface area contributed by atoms with Crippen molar-refractivity contribution < 1.29 is 0 Å². The Balaban J connectivity index is 1.83. The van der Waals surface area contributed by atoms with E-state index in [1.54, 1.807) is 0 Å². The molecule has 2 aliphatic carbocycles. The maximum absolute atomic E-state index is 3.12. The molecule has 0 heterocycles. The van der Waals surface area contributed by atoms with Crippen LogP contribution in [-0.2, 0) is 0 Å². The molecular formula is C14H10. The molecule has 0 fully saturated rings. The lowest BCUT2D eigenvalue weighted by Gasteiger charge is -1.87. The molecule has 0 N–H and O–H groups in total. The van der Waals surface area contributed by atoms with Gasteiger partial charge in [-0.05, 0) is 24.3 Å². The van der Waals surface area contributed by atoms with Gasteiger partial charge in [-0.3, -0.25) is 0 Å². The molecule has 0 saturated carbocycles. The fraction of sp³-hybridized carbons (Fsp3) is 0.143. The zero-order chi connectivity index (χ0) is 9.64. The molecule has 14 heavy (non-hydrogen) atoms. The van der Waals surface area contributed by atoms with Gasteiger partial charge in [0.15, 0.2) is 0 Å². The van der Waals surface area contributed by atoms with Crippen molar-refractivity contribution in [3.8, 4) is 11.8 Å². The number of rotatable bonds is 2. The highest BCUT2D eigenvalue weighted by Gasteiger charge is 1.91. The monoisotopic (exact) mass is 178 g/mol. The van der Waals surface area contributed by atoms with Gasteiger partial charge in [-0.25, -0.2) is 0 Å². The van der Waals surface area contributed by atoms with E-state index in [9.17, 15) is 0 Å². The smallest absolute Gasteiger partial charge is 0.0413 e. The molecule has 0 aromatic carbocycles. The summed E-state index contributed by atoms with van der Waals surface area (Å²) in [4.78, 5) is 0. The molecule has 0 aromatic rings. The molecule has 2 rings (SSSR count). The van der Waals surface area contributed by atoms with Gasteiger partial charge in [0.2, 0.25) is 0 Å². The van der Waals surface area contributed by atoms with Crippen molar-refractivity contribution in [3.05, 3.63) is 59.1 Å². The Hall–Kier alpha value is -1.92. The molecule has 0 spiro atoms. The Morgan fingerprint density at radius 1 is 0.857 bits per heavy atom. The Kier molecular flexibility index (Phi) is 2.70.